The molecule has 0 amide bonds. The van der Waals surface area contributed by atoms with Crippen molar-refractivity contribution in [2.24, 2.45) is 17.6 Å². The average Bonchev–Trinajstić information content (AvgIpc) is 2.79. The zero-order chi connectivity index (χ0) is 14.0. The van der Waals surface area contributed by atoms with Crippen LogP contribution in [0.2, 0.25) is 0 Å². The summed E-state index contributed by atoms with van der Waals surface area (Å²) in [7, 11) is 1.42. The highest BCUT2D eigenvalue weighted by Gasteiger charge is 2.36. The normalized spacial score (nSPS) is 22.3. The van der Waals surface area contributed by atoms with Gasteiger partial charge in [-0.1, -0.05) is 19.1 Å². The smallest absolute Gasteiger partial charge is 0.310 e. The molecule has 1 aromatic heterocycles. The van der Waals surface area contributed by atoms with Crippen LogP contribution in [0.5, 0.6) is 0 Å². The highest BCUT2D eigenvalue weighted by atomic mass is 32.1. The summed E-state index contributed by atoms with van der Waals surface area (Å²) in [5.74, 6) is -0.0629. The van der Waals surface area contributed by atoms with Crippen molar-refractivity contribution in [1.82, 2.24) is 4.98 Å². The highest BCUT2D eigenvalue weighted by molar-refractivity contribution is 7.80. The van der Waals surface area contributed by atoms with Gasteiger partial charge >= 0.3 is 5.97 Å². The van der Waals surface area contributed by atoms with Gasteiger partial charge in [-0.25, -0.2) is 0 Å². The van der Waals surface area contributed by atoms with E-state index in [1.165, 1.54) is 7.11 Å². The van der Waals surface area contributed by atoms with Gasteiger partial charge < -0.3 is 15.4 Å². The third-order valence-corrected chi connectivity index (χ3v) is 3.67. The second-order valence-corrected chi connectivity index (χ2v) is 5.19. The topological polar surface area (TPSA) is 68.5 Å². The molecule has 19 heavy (non-hydrogen) atoms. The van der Waals surface area contributed by atoms with E-state index in [0.717, 1.165) is 12.2 Å². The van der Waals surface area contributed by atoms with Gasteiger partial charge in [0.2, 0.25) is 0 Å². The number of carbonyl (C=O) groups is 1. The molecule has 1 aliphatic rings. The monoisotopic (exact) mass is 279 g/mol. The van der Waals surface area contributed by atoms with Crippen molar-refractivity contribution in [3.8, 4) is 0 Å². The Morgan fingerprint density at radius 2 is 2.32 bits per heavy atom. The average molecular weight is 279 g/mol. The van der Waals surface area contributed by atoms with Crippen LogP contribution in [0.1, 0.15) is 12.6 Å². The number of nitrogens with two attached hydrogens (primary N) is 1. The fraction of sp³-hybridized carbons (Fsp3) is 0.462. The molecule has 2 rings (SSSR count). The first-order valence-corrected chi connectivity index (χ1v) is 6.53. The molecule has 1 saturated heterocycles. The molecular weight excluding hydrogens is 262 g/mol. The number of ether oxygens (including phenoxy) is 1. The first-order chi connectivity index (χ1) is 9.04. The quantitative estimate of drug-likeness (QED) is 0.656. The van der Waals surface area contributed by atoms with Crippen LogP contribution in [-0.2, 0) is 9.53 Å². The van der Waals surface area contributed by atoms with E-state index in [1.807, 2.05) is 19.1 Å². The van der Waals surface area contributed by atoms with E-state index in [9.17, 15) is 4.79 Å². The van der Waals surface area contributed by atoms with Gasteiger partial charge in [0.1, 0.15) is 10.7 Å². The van der Waals surface area contributed by atoms with E-state index in [1.54, 1.807) is 6.20 Å². The molecule has 0 saturated carbocycles. The van der Waals surface area contributed by atoms with Crippen LogP contribution < -0.4 is 10.6 Å². The Morgan fingerprint density at radius 3 is 2.95 bits per heavy atom. The van der Waals surface area contributed by atoms with Crippen molar-refractivity contribution >= 4 is 28.9 Å². The number of carbonyl (C=O) groups excluding carboxylic acids is 1. The van der Waals surface area contributed by atoms with Crippen LogP contribution in [0.4, 0.5) is 5.69 Å². The molecule has 0 spiro atoms. The van der Waals surface area contributed by atoms with Gasteiger partial charge in [-0.05, 0) is 18.1 Å². The minimum absolute atomic E-state index is 0.121. The lowest BCUT2D eigenvalue weighted by atomic mass is 9.99. The zero-order valence-electron chi connectivity index (χ0n) is 11.0. The Bertz CT molecular complexity index is 506. The largest absolute Gasteiger partial charge is 0.469 e. The van der Waals surface area contributed by atoms with Gasteiger partial charge in [-0.2, -0.15) is 0 Å². The first-order valence-electron chi connectivity index (χ1n) is 6.12. The minimum Gasteiger partial charge on any atom is -0.469 e. The van der Waals surface area contributed by atoms with Crippen molar-refractivity contribution in [2.75, 3.05) is 25.1 Å². The Labute approximate surface area is 117 Å². The van der Waals surface area contributed by atoms with E-state index in [-0.39, 0.29) is 22.8 Å². The summed E-state index contributed by atoms with van der Waals surface area (Å²) in [4.78, 5) is 18.3. The molecule has 1 aliphatic heterocycles. The highest BCUT2D eigenvalue weighted by Crippen LogP contribution is 2.30. The molecule has 2 heterocycles. The summed E-state index contributed by atoms with van der Waals surface area (Å²) in [5.41, 5.74) is 7.18. The fourth-order valence-corrected chi connectivity index (χ4v) is 2.62. The van der Waals surface area contributed by atoms with Crippen LogP contribution in [-0.4, -0.2) is 36.1 Å². The lowest BCUT2D eigenvalue weighted by Gasteiger charge is -2.20. The van der Waals surface area contributed by atoms with Crippen molar-refractivity contribution in [1.29, 1.82) is 0 Å². The maximum Gasteiger partial charge on any atom is 0.310 e. The third kappa shape index (κ3) is 2.68. The summed E-state index contributed by atoms with van der Waals surface area (Å²) in [6.07, 6.45) is 1.66. The van der Waals surface area contributed by atoms with Gasteiger partial charge in [0.05, 0.1) is 18.7 Å². The number of pyridine rings is 1. The van der Waals surface area contributed by atoms with E-state index >= 15 is 0 Å². The van der Waals surface area contributed by atoms with Gasteiger partial charge in [-0.3, -0.25) is 9.78 Å². The zero-order valence-corrected chi connectivity index (χ0v) is 11.8. The molecule has 1 aromatic rings. The maximum atomic E-state index is 11.7. The molecular formula is C13H17N3O2S. The molecule has 2 N–H and O–H groups in total. The molecule has 102 valence electrons. The van der Waals surface area contributed by atoms with E-state index in [2.05, 4.69) is 9.88 Å². The molecule has 0 aromatic carbocycles. The first kappa shape index (κ1) is 13.7. The third-order valence-electron chi connectivity index (χ3n) is 3.48. The van der Waals surface area contributed by atoms with Crippen molar-refractivity contribution in [3.63, 3.8) is 0 Å². The number of nitrogens with zero attached hydrogens (tertiary/aromatic N) is 2. The standard InChI is InChI=1S/C13H17N3O2S/c1-8-6-16(7-9(8)13(17)18-2)10-4-3-5-15-11(10)12(14)19/h3-5,8-9H,6-7H2,1-2H3,(H2,14,19). The Hall–Kier alpha value is -1.69. The van der Waals surface area contributed by atoms with E-state index < -0.39 is 0 Å². The molecule has 0 aliphatic carbocycles. The Morgan fingerprint density at radius 1 is 1.58 bits per heavy atom. The predicted octanol–water partition coefficient (Wildman–Crippen LogP) is 0.961. The second-order valence-electron chi connectivity index (χ2n) is 4.75. The van der Waals surface area contributed by atoms with Crippen LogP contribution in [0.3, 0.4) is 0 Å². The molecule has 0 radical (unpaired) electrons. The molecule has 0 bridgehead atoms. The van der Waals surface area contributed by atoms with E-state index in [4.69, 9.17) is 22.7 Å². The van der Waals surface area contributed by atoms with E-state index in [0.29, 0.717) is 12.2 Å². The SMILES string of the molecule is COC(=O)C1CN(c2cccnc2C(N)=S)CC1C. The number of esters is 1. The molecule has 2 atom stereocenters. The summed E-state index contributed by atoms with van der Waals surface area (Å²) in [5, 5.41) is 0. The van der Waals surface area contributed by atoms with Crippen molar-refractivity contribution in [2.45, 2.75) is 6.92 Å². The number of anilines is 1. The maximum absolute atomic E-state index is 11.7. The van der Waals surface area contributed by atoms with Crippen LogP contribution in [0.15, 0.2) is 18.3 Å². The summed E-state index contributed by atoms with van der Waals surface area (Å²) in [6.45, 7) is 3.41. The fourth-order valence-electron chi connectivity index (χ4n) is 2.46. The van der Waals surface area contributed by atoms with Gasteiger partial charge in [0.15, 0.2) is 0 Å². The van der Waals surface area contributed by atoms with Crippen molar-refractivity contribution < 1.29 is 9.53 Å². The summed E-state index contributed by atoms with van der Waals surface area (Å²) in [6, 6.07) is 3.76. The number of methoxy groups -OCH3 is 1. The van der Waals surface area contributed by atoms with Crippen LogP contribution >= 0.6 is 12.2 Å². The molecule has 1 fully saturated rings. The lowest BCUT2D eigenvalue weighted by Crippen LogP contribution is -2.26. The molecule has 2 unspecified atom stereocenters. The Kier molecular flexibility index (Phi) is 3.99. The second kappa shape index (κ2) is 5.52. The number of hydrogen-bond donors (Lipinski definition) is 1. The number of thiocarbonyl (C=S) groups is 1. The van der Waals surface area contributed by atoms with Crippen molar-refractivity contribution in [3.05, 3.63) is 24.0 Å². The molecule has 6 heteroatoms. The lowest BCUT2D eigenvalue weighted by molar-refractivity contribution is -0.145. The Balaban J connectivity index is 2.25. The van der Waals surface area contributed by atoms with Crippen LogP contribution in [0.25, 0.3) is 0 Å². The number of rotatable bonds is 3. The number of aromatic nitrogens is 1. The number of hydrogen-bond acceptors (Lipinski definition) is 5. The predicted molar refractivity (Wildman–Crippen MR) is 77.0 cm³/mol. The summed E-state index contributed by atoms with van der Waals surface area (Å²) >= 11 is 5.02. The summed E-state index contributed by atoms with van der Waals surface area (Å²) < 4.78 is 4.83. The van der Waals surface area contributed by atoms with Gasteiger partial charge in [0.25, 0.3) is 0 Å². The van der Waals surface area contributed by atoms with Gasteiger partial charge in [-0.15, -0.1) is 0 Å². The van der Waals surface area contributed by atoms with Gasteiger partial charge in [0, 0.05) is 19.3 Å². The minimum atomic E-state index is -0.171. The van der Waals surface area contributed by atoms with Crippen LogP contribution in [0, 0.1) is 11.8 Å². The molecule has 5 nitrogen and oxygen atoms in total.